The second kappa shape index (κ2) is 22.1. The molecule has 4 atom stereocenters. The molecule has 2 heterocycles. The molecule has 0 amide bonds. The molecular formula is C47H62N2O4S. The molecule has 0 radical (unpaired) electrons. The van der Waals surface area contributed by atoms with Crippen LogP contribution in [0.4, 0.5) is 0 Å². The van der Waals surface area contributed by atoms with E-state index in [2.05, 4.69) is 77.7 Å². The van der Waals surface area contributed by atoms with Gasteiger partial charge in [-0.25, -0.2) is 4.79 Å². The van der Waals surface area contributed by atoms with E-state index < -0.39 is 12.3 Å². The number of carbonyl (C=O) groups is 1. The van der Waals surface area contributed by atoms with E-state index in [4.69, 9.17) is 14.6 Å². The van der Waals surface area contributed by atoms with E-state index in [9.17, 15) is 10.1 Å². The lowest BCUT2D eigenvalue weighted by atomic mass is 9.80. The second-order valence-corrected chi connectivity index (χ2v) is 16.3. The van der Waals surface area contributed by atoms with Crippen molar-refractivity contribution in [1.29, 1.82) is 5.26 Å². The van der Waals surface area contributed by atoms with Gasteiger partial charge in [0.2, 0.25) is 0 Å². The molecule has 0 saturated heterocycles. The van der Waals surface area contributed by atoms with Gasteiger partial charge in [0.15, 0.2) is 11.5 Å². The highest BCUT2D eigenvalue weighted by Gasteiger charge is 2.32. The van der Waals surface area contributed by atoms with E-state index in [0.29, 0.717) is 34.8 Å². The van der Waals surface area contributed by atoms with Crippen molar-refractivity contribution in [2.45, 2.75) is 126 Å². The summed E-state index contributed by atoms with van der Waals surface area (Å²) in [6.45, 7) is 21.8. The van der Waals surface area contributed by atoms with Crippen molar-refractivity contribution in [1.82, 2.24) is 4.98 Å². The van der Waals surface area contributed by atoms with Crippen molar-refractivity contribution >= 4 is 17.3 Å². The van der Waals surface area contributed by atoms with Gasteiger partial charge in [-0.15, -0.1) is 11.3 Å². The van der Waals surface area contributed by atoms with Crippen LogP contribution in [0.3, 0.4) is 0 Å². The molecule has 1 aliphatic rings. The van der Waals surface area contributed by atoms with E-state index >= 15 is 0 Å². The Labute approximate surface area is 329 Å². The maximum absolute atomic E-state index is 10.5. The summed E-state index contributed by atoms with van der Waals surface area (Å²) < 4.78 is 12.7. The van der Waals surface area contributed by atoms with E-state index in [1.54, 1.807) is 23.5 Å². The van der Waals surface area contributed by atoms with Crippen molar-refractivity contribution in [2.75, 3.05) is 0 Å². The first-order chi connectivity index (χ1) is 25.8. The molecule has 5 rings (SSSR count). The number of aryl methyl sites for hydroxylation is 4. The van der Waals surface area contributed by atoms with E-state index in [1.807, 2.05) is 62.8 Å². The number of rotatable bonds is 14. The number of carboxylic acids is 1. The molecule has 1 N–H and O–H groups in total. The van der Waals surface area contributed by atoms with E-state index in [0.717, 1.165) is 46.6 Å². The third kappa shape index (κ3) is 13.5. The normalized spacial score (nSPS) is 14.9. The Morgan fingerprint density at radius 3 is 2.33 bits per heavy atom. The molecule has 290 valence electrons. The zero-order chi connectivity index (χ0) is 39.8. The minimum Gasteiger partial charge on any atom is -0.478 e. The average molecular weight is 751 g/mol. The highest BCUT2D eigenvalue weighted by Crippen LogP contribution is 2.48. The highest BCUT2D eigenvalue weighted by molar-refractivity contribution is 7.09. The molecule has 1 aromatic heterocycles. The minimum atomic E-state index is -0.867. The molecule has 0 fully saturated rings. The maximum atomic E-state index is 10.5. The maximum Gasteiger partial charge on any atom is 0.335 e. The Balaban J connectivity index is 0.000000316. The summed E-state index contributed by atoms with van der Waals surface area (Å²) in [5.41, 5.74) is 9.78. The number of nitrogens with zero attached hydrogens (tertiary/aromatic N) is 2. The Morgan fingerprint density at radius 2 is 1.74 bits per heavy atom. The van der Waals surface area contributed by atoms with Crippen LogP contribution in [0.15, 0.2) is 78.0 Å². The van der Waals surface area contributed by atoms with Crippen molar-refractivity contribution in [3.8, 4) is 17.6 Å². The second-order valence-electron chi connectivity index (χ2n) is 15.3. The van der Waals surface area contributed by atoms with Crippen LogP contribution in [-0.2, 0) is 6.42 Å². The summed E-state index contributed by atoms with van der Waals surface area (Å²) in [4.78, 5) is 15.9. The third-order valence-corrected chi connectivity index (χ3v) is 11.2. The number of hydrogen-bond acceptors (Lipinski definition) is 6. The summed E-state index contributed by atoms with van der Waals surface area (Å²) in [5, 5.41) is 17.8. The van der Waals surface area contributed by atoms with Crippen molar-refractivity contribution in [3.63, 3.8) is 0 Å². The zero-order valence-electron chi connectivity index (χ0n) is 34.2. The standard InChI is InChI=1S/C31H41NO2.C9H10O2.C7H11NS/c1-8-21(4)17-23(6)22(5)12-14-26(16-20(2)3)28-10-9-11-29-30(28)34-31(33-29)27-15-13-25(19-32)18-24(27)7;1-6-3-4-8(9(10)11)5-7(6)2;1-2-3-4-7-5-8-6-9-7/h8-11,13,15,18,20,22-23,26,31H,12,14,16-17H2,1-7H3;3-5H,1-2H3,(H,10,11);5-6H,2-4H2,1H3/b21-8+;;. The van der Waals surface area contributed by atoms with Crippen LogP contribution in [-0.4, -0.2) is 16.1 Å². The van der Waals surface area contributed by atoms with Gasteiger partial charge in [0.05, 0.1) is 22.7 Å². The first-order valence-corrected chi connectivity index (χ1v) is 20.4. The fourth-order valence-corrected chi connectivity index (χ4v) is 7.23. The van der Waals surface area contributed by atoms with E-state index in [1.165, 1.54) is 48.1 Å². The number of fused-ring (bicyclic) bond motifs is 1. The number of hydrogen-bond donors (Lipinski definition) is 1. The predicted octanol–water partition coefficient (Wildman–Crippen LogP) is 13.4. The monoisotopic (exact) mass is 750 g/mol. The number of aromatic nitrogens is 1. The number of unbranched alkanes of at least 4 members (excludes halogenated alkanes) is 1. The first-order valence-electron chi connectivity index (χ1n) is 19.5. The molecule has 6 nitrogen and oxygen atoms in total. The van der Waals surface area contributed by atoms with Crippen LogP contribution < -0.4 is 9.47 Å². The molecule has 54 heavy (non-hydrogen) atoms. The largest absolute Gasteiger partial charge is 0.478 e. The number of para-hydroxylation sites is 1. The van der Waals surface area contributed by atoms with Crippen LogP contribution in [0.1, 0.15) is 148 Å². The van der Waals surface area contributed by atoms with Crippen LogP contribution in [0.2, 0.25) is 0 Å². The molecule has 0 aliphatic carbocycles. The van der Waals surface area contributed by atoms with Gasteiger partial charge in [-0.1, -0.05) is 70.9 Å². The summed E-state index contributed by atoms with van der Waals surface area (Å²) >= 11 is 1.75. The molecule has 0 spiro atoms. The zero-order valence-corrected chi connectivity index (χ0v) is 35.1. The Hall–Kier alpha value is -4.41. The lowest BCUT2D eigenvalue weighted by molar-refractivity contribution is 0.0474. The number of ether oxygens (including phenoxy) is 2. The molecule has 4 unspecified atom stereocenters. The summed E-state index contributed by atoms with van der Waals surface area (Å²) in [5.74, 6) is 3.26. The predicted molar refractivity (Wildman–Crippen MR) is 224 cm³/mol. The van der Waals surface area contributed by atoms with Gasteiger partial charge in [-0.2, -0.15) is 5.26 Å². The number of benzene rings is 3. The summed E-state index contributed by atoms with van der Waals surface area (Å²) in [7, 11) is 0. The van der Waals surface area contributed by atoms with Gasteiger partial charge in [0.1, 0.15) is 0 Å². The number of allylic oxidation sites excluding steroid dienone is 2. The van der Waals surface area contributed by atoms with Gasteiger partial charge >= 0.3 is 5.97 Å². The Kier molecular flexibility index (Phi) is 18.0. The van der Waals surface area contributed by atoms with Crippen molar-refractivity contribution in [2.24, 2.45) is 17.8 Å². The first kappa shape index (κ1) is 44.0. The van der Waals surface area contributed by atoms with Crippen LogP contribution in [0.25, 0.3) is 0 Å². The fourth-order valence-electron chi connectivity index (χ4n) is 6.59. The molecule has 7 heteroatoms. The Morgan fingerprint density at radius 1 is 0.981 bits per heavy atom. The van der Waals surface area contributed by atoms with Gasteiger partial charge in [0.25, 0.3) is 6.29 Å². The summed E-state index contributed by atoms with van der Waals surface area (Å²) in [6.07, 6.45) is 12.2. The topological polar surface area (TPSA) is 92.4 Å². The van der Waals surface area contributed by atoms with Crippen molar-refractivity contribution < 1.29 is 19.4 Å². The number of carboxylic acid groups (broad SMARTS) is 1. The van der Waals surface area contributed by atoms with Crippen molar-refractivity contribution in [3.05, 3.63) is 122 Å². The SMILES string of the molecule is C/C=C(\C)CC(C)C(C)CCC(CC(C)C)c1cccc2c1OC(c1ccc(C#N)cc1C)O2.CCCCc1cncs1.Cc1ccc(C(=O)O)cc1C. The van der Waals surface area contributed by atoms with Crippen LogP contribution in [0, 0.1) is 49.9 Å². The Bertz CT molecular complexity index is 1840. The lowest BCUT2D eigenvalue weighted by Crippen LogP contribution is -2.13. The van der Waals surface area contributed by atoms with Gasteiger partial charge in [-0.3, -0.25) is 4.98 Å². The molecular weight excluding hydrogens is 689 g/mol. The van der Waals surface area contributed by atoms with E-state index in [-0.39, 0.29) is 0 Å². The fraction of sp³-hybridized carbons (Fsp3) is 0.468. The smallest absolute Gasteiger partial charge is 0.335 e. The molecule has 0 saturated carbocycles. The third-order valence-electron chi connectivity index (χ3n) is 10.4. The van der Waals surface area contributed by atoms with Gasteiger partial charge < -0.3 is 14.6 Å². The molecule has 1 aliphatic heterocycles. The quantitative estimate of drug-likeness (QED) is 0.129. The van der Waals surface area contributed by atoms with Crippen LogP contribution in [0.5, 0.6) is 11.5 Å². The highest BCUT2D eigenvalue weighted by atomic mass is 32.1. The average Bonchev–Trinajstić information content (AvgIpc) is 3.84. The van der Waals surface area contributed by atoms with Gasteiger partial charge in [-0.05, 0) is 150 Å². The van der Waals surface area contributed by atoms with Gasteiger partial charge in [0, 0.05) is 22.2 Å². The summed E-state index contributed by atoms with van der Waals surface area (Å²) in [6, 6.07) is 19.3. The lowest BCUT2D eigenvalue weighted by Gasteiger charge is -2.25. The molecule has 3 aromatic carbocycles. The molecule has 4 aromatic rings. The minimum absolute atomic E-state index is 0.355. The number of aromatic carboxylic acids is 1. The molecule has 0 bridgehead atoms. The number of nitriles is 1. The van der Waals surface area contributed by atoms with Crippen LogP contribution >= 0.6 is 11.3 Å². The number of thiazole rings is 1.